The molecule has 1 fully saturated rings. The van der Waals surface area contributed by atoms with Gasteiger partial charge in [-0.05, 0) is 56.7 Å². The summed E-state index contributed by atoms with van der Waals surface area (Å²) in [6, 6.07) is 6.80. The molecule has 31 heavy (non-hydrogen) atoms. The highest BCUT2D eigenvalue weighted by Crippen LogP contribution is 2.28. The minimum Gasteiger partial charge on any atom is -0.365 e. The van der Waals surface area contributed by atoms with Crippen molar-refractivity contribution >= 4 is 17.8 Å². The summed E-state index contributed by atoms with van der Waals surface area (Å²) in [6.45, 7) is 9.78. The van der Waals surface area contributed by atoms with Crippen LogP contribution in [0.1, 0.15) is 62.9 Å². The van der Waals surface area contributed by atoms with Crippen molar-refractivity contribution in [3.05, 3.63) is 35.5 Å². The topological polar surface area (TPSA) is 90.3 Å². The van der Waals surface area contributed by atoms with Gasteiger partial charge < -0.3 is 18.7 Å². The second kappa shape index (κ2) is 9.40. The molecule has 1 aromatic carbocycles. The van der Waals surface area contributed by atoms with Gasteiger partial charge in [0, 0.05) is 29.5 Å². The van der Waals surface area contributed by atoms with Gasteiger partial charge in [-0.1, -0.05) is 24.2 Å². The summed E-state index contributed by atoms with van der Waals surface area (Å²) in [5, 5.41) is 8.21. The Bertz CT molecular complexity index is 1010. The van der Waals surface area contributed by atoms with E-state index in [2.05, 4.69) is 64.3 Å². The number of ether oxygens (including phenoxy) is 1. The quantitative estimate of drug-likeness (QED) is 0.467. The summed E-state index contributed by atoms with van der Waals surface area (Å²) in [7, 11) is 0. The first-order chi connectivity index (χ1) is 14.9. The molecule has 0 unspecified atom stereocenters. The molecule has 0 radical (unpaired) electrons. The van der Waals surface area contributed by atoms with Crippen molar-refractivity contribution in [1.29, 1.82) is 0 Å². The normalized spacial score (nSPS) is 16.3. The molecule has 1 saturated heterocycles. The van der Waals surface area contributed by atoms with Gasteiger partial charge in [0.15, 0.2) is 5.82 Å². The molecule has 8 nitrogen and oxygen atoms in total. The molecule has 1 atom stereocenters. The Balaban J connectivity index is 1.33. The molecule has 1 aliphatic rings. The first-order valence-electron chi connectivity index (χ1n) is 10.7. The molecular formula is C22H29N5O3S. The van der Waals surface area contributed by atoms with Crippen molar-refractivity contribution in [1.82, 2.24) is 20.3 Å². The third-order valence-electron chi connectivity index (χ3n) is 5.50. The van der Waals surface area contributed by atoms with Gasteiger partial charge in [-0.25, -0.2) is 0 Å². The zero-order valence-electron chi connectivity index (χ0n) is 18.7. The van der Waals surface area contributed by atoms with E-state index in [1.807, 2.05) is 13.0 Å². The number of hydrogen-bond acceptors (Lipinski definition) is 9. The summed E-state index contributed by atoms with van der Waals surface area (Å²) in [6.07, 6.45) is 3.68. The van der Waals surface area contributed by atoms with E-state index >= 15 is 0 Å². The summed E-state index contributed by atoms with van der Waals surface area (Å²) in [5.41, 5.74) is 2.15. The number of aryl methyl sites for hydroxylation is 1. The zero-order valence-corrected chi connectivity index (χ0v) is 19.5. The van der Waals surface area contributed by atoms with E-state index in [0.29, 0.717) is 17.7 Å². The lowest BCUT2D eigenvalue weighted by atomic mass is 10.1. The lowest BCUT2D eigenvalue weighted by Gasteiger charge is -2.31. The maximum atomic E-state index is 6.22. The van der Waals surface area contributed by atoms with Crippen molar-refractivity contribution in [2.24, 2.45) is 0 Å². The lowest BCUT2D eigenvalue weighted by Crippen LogP contribution is -2.37. The number of hydrogen-bond donors (Lipinski definition) is 0. The van der Waals surface area contributed by atoms with Crippen LogP contribution in [0, 0.1) is 6.92 Å². The molecule has 0 spiro atoms. The van der Waals surface area contributed by atoms with Crippen molar-refractivity contribution in [2.75, 3.05) is 24.2 Å². The van der Waals surface area contributed by atoms with Gasteiger partial charge in [0.1, 0.15) is 6.10 Å². The predicted molar refractivity (Wildman–Crippen MR) is 119 cm³/mol. The number of thioether (sulfide) groups is 1. The van der Waals surface area contributed by atoms with Gasteiger partial charge in [0.2, 0.25) is 5.82 Å². The maximum absolute atomic E-state index is 6.22. The third kappa shape index (κ3) is 4.93. The van der Waals surface area contributed by atoms with Crippen LogP contribution in [-0.2, 0) is 4.74 Å². The Kier molecular flexibility index (Phi) is 6.62. The van der Waals surface area contributed by atoms with Gasteiger partial charge in [0.25, 0.3) is 5.89 Å². The van der Waals surface area contributed by atoms with Crippen LogP contribution >= 0.6 is 11.8 Å². The molecule has 2 aromatic heterocycles. The molecule has 1 aliphatic heterocycles. The number of rotatable bonds is 7. The van der Waals surface area contributed by atoms with Gasteiger partial charge in [0.05, 0.1) is 6.10 Å². The fourth-order valence-corrected chi connectivity index (χ4v) is 4.24. The van der Waals surface area contributed by atoms with Crippen LogP contribution in [0.3, 0.4) is 0 Å². The summed E-state index contributed by atoms with van der Waals surface area (Å²) in [5.74, 6) is 2.09. The zero-order chi connectivity index (χ0) is 22.0. The van der Waals surface area contributed by atoms with Crippen LogP contribution in [0.15, 0.2) is 32.1 Å². The first kappa shape index (κ1) is 21.8. The monoisotopic (exact) mass is 443 g/mol. The summed E-state index contributed by atoms with van der Waals surface area (Å²) in [4.78, 5) is 12.4. The molecule has 0 amide bonds. The second-order valence-corrected chi connectivity index (χ2v) is 9.04. The number of aromatic nitrogens is 4. The minimum atomic E-state index is -0.264. The van der Waals surface area contributed by atoms with Crippen molar-refractivity contribution < 1.29 is 13.8 Å². The van der Waals surface area contributed by atoms with Crippen LogP contribution in [0.4, 0.5) is 6.01 Å². The Morgan fingerprint density at radius 3 is 2.52 bits per heavy atom. The smallest absolute Gasteiger partial charge is 0.324 e. The molecule has 3 aromatic rings. The molecule has 0 saturated carbocycles. The Hall–Kier alpha value is -2.39. The molecule has 9 heteroatoms. The van der Waals surface area contributed by atoms with Crippen molar-refractivity contribution in [2.45, 2.75) is 63.6 Å². The Morgan fingerprint density at radius 2 is 1.87 bits per heavy atom. The largest absolute Gasteiger partial charge is 0.365 e. The van der Waals surface area contributed by atoms with E-state index in [0.717, 1.165) is 37.3 Å². The highest BCUT2D eigenvalue weighted by atomic mass is 32.2. The maximum Gasteiger partial charge on any atom is 0.324 e. The fourth-order valence-electron chi connectivity index (χ4n) is 3.65. The average Bonchev–Trinajstić information content (AvgIpc) is 3.45. The molecule has 3 heterocycles. The highest BCUT2D eigenvalue weighted by Gasteiger charge is 2.27. The van der Waals surface area contributed by atoms with E-state index in [1.165, 1.54) is 10.5 Å². The molecule has 4 rings (SSSR count). The van der Waals surface area contributed by atoms with E-state index in [1.54, 1.807) is 11.8 Å². The predicted octanol–water partition coefficient (Wildman–Crippen LogP) is 5.02. The van der Waals surface area contributed by atoms with Crippen molar-refractivity contribution in [3.63, 3.8) is 0 Å². The number of anilines is 1. The van der Waals surface area contributed by atoms with E-state index in [-0.39, 0.29) is 18.1 Å². The molecular weight excluding hydrogens is 414 g/mol. The van der Waals surface area contributed by atoms with Crippen LogP contribution in [0.25, 0.3) is 11.4 Å². The second-order valence-electron chi connectivity index (χ2n) is 8.20. The average molecular weight is 444 g/mol. The number of piperidine rings is 1. The molecule has 166 valence electrons. The Morgan fingerprint density at radius 1 is 1.10 bits per heavy atom. The van der Waals surface area contributed by atoms with E-state index in [4.69, 9.17) is 13.8 Å². The van der Waals surface area contributed by atoms with Crippen LogP contribution < -0.4 is 4.90 Å². The molecule has 0 N–H and O–H groups in total. The highest BCUT2D eigenvalue weighted by molar-refractivity contribution is 7.98. The number of nitrogens with zero attached hydrogens (tertiary/aromatic N) is 5. The summed E-state index contributed by atoms with van der Waals surface area (Å²) < 4.78 is 17.1. The van der Waals surface area contributed by atoms with Gasteiger partial charge in [-0.15, -0.1) is 11.8 Å². The molecule has 0 aliphatic carbocycles. The van der Waals surface area contributed by atoms with Gasteiger partial charge in [-0.2, -0.15) is 9.97 Å². The lowest BCUT2D eigenvalue weighted by molar-refractivity contribution is -0.0303. The fraction of sp³-hybridized carbons (Fsp3) is 0.545. The van der Waals surface area contributed by atoms with Crippen LogP contribution in [-0.4, -0.2) is 45.7 Å². The van der Waals surface area contributed by atoms with E-state index < -0.39 is 0 Å². The van der Waals surface area contributed by atoms with Gasteiger partial charge in [-0.3, -0.25) is 0 Å². The summed E-state index contributed by atoms with van der Waals surface area (Å²) >= 11 is 1.73. The molecule has 0 bridgehead atoms. The third-order valence-corrected chi connectivity index (χ3v) is 6.40. The standard InChI is InChI=1S/C22H29N5O3S/c1-13(2)19-24-22(30-25-19)27-10-8-17(9-11-27)28-15(4)21-23-20(26-29-21)16-6-7-18(31-5)14(3)12-16/h6-7,12-13,15,17H,8-11H2,1-5H3/t15-/m1/s1. The minimum absolute atomic E-state index is 0.122. The van der Waals surface area contributed by atoms with Crippen molar-refractivity contribution in [3.8, 4) is 11.4 Å². The Labute approximate surface area is 186 Å². The van der Waals surface area contributed by atoms with Crippen LogP contribution in [0.2, 0.25) is 0 Å². The SMILES string of the molecule is CSc1ccc(-c2noc([C@@H](C)OC3CCN(c4nc(C(C)C)no4)CC3)n2)cc1C. The number of benzene rings is 1. The first-order valence-corrected chi connectivity index (χ1v) is 11.9. The van der Waals surface area contributed by atoms with E-state index in [9.17, 15) is 0 Å². The van der Waals surface area contributed by atoms with Gasteiger partial charge >= 0.3 is 6.01 Å². The van der Waals surface area contributed by atoms with Crippen LogP contribution in [0.5, 0.6) is 0 Å².